The van der Waals surface area contributed by atoms with Crippen molar-refractivity contribution in [2.24, 2.45) is 0 Å². The third kappa shape index (κ3) is 3.32. The molecule has 0 amide bonds. The van der Waals surface area contributed by atoms with Crippen LogP contribution in [0, 0.1) is 0 Å². The van der Waals surface area contributed by atoms with Gasteiger partial charge in [0.05, 0.1) is 26.9 Å². The van der Waals surface area contributed by atoms with E-state index >= 15 is 0 Å². The first kappa shape index (κ1) is 13.5. The molecule has 2 aliphatic heterocycles. The zero-order valence-corrected chi connectivity index (χ0v) is 11.8. The number of fused-ring (bicyclic) bond motifs is 2. The zero-order chi connectivity index (χ0) is 13.8. The summed E-state index contributed by atoms with van der Waals surface area (Å²) < 4.78 is 16.5. The molecule has 0 radical (unpaired) electrons. The largest absolute Gasteiger partial charge is 0.497 e. The van der Waals surface area contributed by atoms with Crippen molar-refractivity contribution in [3.05, 3.63) is 35.9 Å². The average molecular weight is 275 g/mol. The van der Waals surface area contributed by atoms with Gasteiger partial charge in [-0.25, -0.2) is 0 Å². The van der Waals surface area contributed by atoms with Crippen LogP contribution in [-0.2, 0) is 4.74 Å². The second-order valence-corrected chi connectivity index (χ2v) is 5.31. The maximum absolute atomic E-state index is 5.80. The lowest BCUT2D eigenvalue weighted by molar-refractivity contribution is 0.0523. The maximum Gasteiger partial charge on any atom is 0.122 e. The van der Waals surface area contributed by atoms with Crippen molar-refractivity contribution in [2.75, 3.05) is 26.9 Å². The lowest BCUT2D eigenvalue weighted by Crippen LogP contribution is -2.50. The van der Waals surface area contributed by atoms with Gasteiger partial charge in [-0.15, -0.1) is 0 Å². The number of methoxy groups -OCH3 is 1. The first-order valence-corrected chi connectivity index (χ1v) is 7.14. The molecule has 4 nitrogen and oxygen atoms in total. The number of benzene rings is 1. The van der Waals surface area contributed by atoms with Gasteiger partial charge in [-0.2, -0.15) is 0 Å². The van der Waals surface area contributed by atoms with Crippen molar-refractivity contribution in [3.63, 3.8) is 0 Å². The average Bonchev–Trinajstić information content (AvgIpc) is 2.47. The van der Waals surface area contributed by atoms with Gasteiger partial charge >= 0.3 is 0 Å². The summed E-state index contributed by atoms with van der Waals surface area (Å²) in [4.78, 5) is 0. The molecule has 1 saturated heterocycles. The third-order valence-corrected chi connectivity index (χ3v) is 3.74. The lowest BCUT2D eigenvalue weighted by Gasteiger charge is -2.35. The van der Waals surface area contributed by atoms with Crippen LogP contribution in [0.3, 0.4) is 0 Å². The number of rotatable bonds is 5. The highest BCUT2D eigenvalue weighted by Crippen LogP contribution is 2.22. The number of ether oxygens (including phenoxy) is 3. The summed E-state index contributed by atoms with van der Waals surface area (Å²) in [6.45, 7) is 2.32. The Labute approximate surface area is 119 Å². The number of nitrogens with one attached hydrogen (secondary N) is 1. The highest BCUT2D eigenvalue weighted by atomic mass is 16.5. The molecule has 0 spiro atoms. The minimum Gasteiger partial charge on any atom is -0.497 e. The fourth-order valence-corrected chi connectivity index (χ4v) is 2.80. The van der Waals surface area contributed by atoms with E-state index in [1.807, 2.05) is 24.3 Å². The first-order valence-electron chi connectivity index (χ1n) is 7.14. The Bertz CT molecular complexity index is 486. The summed E-state index contributed by atoms with van der Waals surface area (Å²) in [7, 11) is 1.67. The van der Waals surface area contributed by atoms with Gasteiger partial charge in [-0.1, -0.05) is 17.7 Å². The second kappa shape index (κ2) is 6.29. The van der Waals surface area contributed by atoms with Crippen molar-refractivity contribution in [2.45, 2.75) is 24.9 Å². The quantitative estimate of drug-likeness (QED) is 0.836. The molecular formula is C16H21NO3. The Morgan fingerprint density at radius 1 is 1.30 bits per heavy atom. The highest BCUT2D eigenvalue weighted by molar-refractivity contribution is 5.32. The van der Waals surface area contributed by atoms with Gasteiger partial charge in [-0.3, -0.25) is 0 Å². The molecule has 2 atom stereocenters. The van der Waals surface area contributed by atoms with Gasteiger partial charge in [0.15, 0.2) is 0 Å². The molecule has 2 unspecified atom stereocenters. The predicted molar refractivity (Wildman–Crippen MR) is 77.3 cm³/mol. The smallest absolute Gasteiger partial charge is 0.122 e. The second-order valence-electron chi connectivity index (χ2n) is 5.31. The molecule has 3 rings (SSSR count). The Morgan fingerprint density at radius 2 is 2.20 bits per heavy atom. The van der Waals surface area contributed by atoms with Crippen LogP contribution in [0.2, 0.25) is 0 Å². The van der Waals surface area contributed by atoms with E-state index in [1.54, 1.807) is 7.11 Å². The molecule has 20 heavy (non-hydrogen) atoms. The molecule has 1 aromatic rings. The van der Waals surface area contributed by atoms with Gasteiger partial charge in [0.25, 0.3) is 0 Å². The Morgan fingerprint density at radius 3 is 3.05 bits per heavy atom. The van der Waals surface area contributed by atoms with E-state index in [1.165, 1.54) is 5.57 Å². The van der Waals surface area contributed by atoms with Gasteiger partial charge < -0.3 is 19.5 Å². The van der Waals surface area contributed by atoms with Crippen LogP contribution in [0.1, 0.15) is 12.8 Å². The van der Waals surface area contributed by atoms with E-state index in [2.05, 4.69) is 11.4 Å². The summed E-state index contributed by atoms with van der Waals surface area (Å²) in [6, 6.07) is 8.60. The molecule has 0 aliphatic carbocycles. The van der Waals surface area contributed by atoms with E-state index in [0.29, 0.717) is 18.7 Å². The Hall–Kier alpha value is -1.52. The van der Waals surface area contributed by atoms with Gasteiger partial charge in [0.2, 0.25) is 0 Å². The summed E-state index contributed by atoms with van der Waals surface area (Å²) in [5.74, 6) is 1.69. The molecule has 2 bridgehead atoms. The molecule has 0 saturated carbocycles. The van der Waals surface area contributed by atoms with Crippen molar-refractivity contribution < 1.29 is 14.2 Å². The fourth-order valence-electron chi connectivity index (χ4n) is 2.80. The van der Waals surface area contributed by atoms with Gasteiger partial charge in [0, 0.05) is 24.6 Å². The summed E-state index contributed by atoms with van der Waals surface area (Å²) >= 11 is 0. The summed E-state index contributed by atoms with van der Waals surface area (Å²) in [5.41, 5.74) is 1.48. The molecule has 0 aromatic heterocycles. The minimum absolute atomic E-state index is 0.384. The number of hydrogen-bond acceptors (Lipinski definition) is 4. The van der Waals surface area contributed by atoms with Crippen LogP contribution in [0.4, 0.5) is 0 Å². The maximum atomic E-state index is 5.80. The Kier molecular flexibility index (Phi) is 4.23. The monoisotopic (exact) mass is 275 g/mol. The van der Waals surface area contributed by atoms with Crippen LogP contribution in [0.15, 0.2) is 35.9 Å². The normalized spacial score (nSPS) is 24.9. The summed E-state index contributed by atoms with van der Waals surface area (Å²) in [5, 5.41) is 3.55. The summed E-state index contributed by atoms with van der Waals surface area (Å²) in [6.07, 6.45) is 4.34. The van der Waals surface area contributed by atoms with Crippen LogP contribution < -0.4 is 14.8 Å². The van der Waals surface area contributed by atoms with Crippen molar-refractivity contribution in [1.29, 1.82) is 0 Å². The van der Waals surface area contributed by atoms with E-state index in [4.69, 9.17) is 14.2 Å². The molecule has 2 aliphatic rings. The molecule has 1 N–H and O–H groups in total. The SMILES string of the molecule is COc1cccc(OCCC2=CC3COCC(C2)N3)c1. The highest BCUT2D eigenvalue weighted by Gasteiger charge is 2.25. The predicted octanol–water partition coefficient (Wildman–Crippen LogP) is 2.15. The minimum atomic E-state index is 0.384. The van der Waals surface area contributed by atoms with Crippen LogP contribution in [0.25, 0.3) is 0 Å². The van der Waals surface area contributed by atoms with E-state index < -0.39 is 0 Å². The van der Waals surface area contributed by atoms with Crippen molar-refractivity contribution in [3.8, 4) is 11.5 Å². The van der Waals surface area contributed by atoms with Crippen LogP contribution in [-0.4, -0.2) is 39.0 Å². The molecule has 1 fully saturated rings. The van der Waals surface area contributed by atoms with E-state index in [-0.39, 0.29) is 0 Å². The number of hydrogen-bond donors (Lipinski definition) is 1. The van der Waals surface area contributed by atoms with E-state index in [0.717, 1.165) is 37.6 Å². The van der Waals surface area contributed by atoms with Gasteiger partial charge in [-0.05, 0) is 18.6 Å². The Balaban J connectivity index is 1.51. The standard InChI is InChI=1S/C16H21NO3/c1-18-15-3-2-4-16(9-15)20-6-5-12-7-13-10-19-11-14(8-12)17-13/h2-4,7,9,13-14,17H,5-6,8,10-11H2,1H3. The van der Waals surface area contributed by atoms with Crippen LogP contribution >= 0.6 is 0 Å². The van der Waals surface area contributed by atoms with E-state index in [9.17, 15) is 0 Å². The third-order valence-electron chi connectivity index (χ3n) is 3.74. The molecule has 4 heteroatoms. The van der Waals surface area contributed by atoms with Crippen molar-refractivity contribution >= 4 is 0 Å². The van der Waals surface area contributed by atoms with Crippen LogP contribution in [0.5, 0.6) is 11.5 Å². The zero-order valence-electron chi connectivity index (χ0n) is 11.8. The fraction of sp³-hybridized carbons (Fsp3) is 0.500. The topological polar surface area (TPSA) is 39.7 Å². The molecular weight excluding hydrogens is 254 g/mol. The van der Waals surface area contributed by atoms with Gasteiger partial charge in [0.1, 0.15) is 11.5 Å². The first-order chi connectivity index (χ1) is 9.83. The number of morpholine rings is 1. The molecule has 108 valence electrons. The lowest BCUT2D eigenvalue weighted by atomic mass is 9.95. The molecule has 1 aromatic carbocycles. The van der Waals surface area contributed by atoms with Crippen molar-refractivity contribution in [1.82, 2.24) is 5.32 Å². The molecule has 2 heterocycles.